The van der Waals surface area contributed by atoms with Crippen LogP contribution in [0.5, 0.6) is 0 Å². The number of nitrogens with one attached hydrogen (secondary N) is 2. The summed E-state index contributed by atoms with van der Waals surface area (Å²) in [6.07, 6.45) is 0. The predicted octanol–water partition coefficient (Wildman–Crippen LogP) is 3.59. The Bertz CT molecular complexity index is 773. The minimum absolute atomic E-state index is 0.0250. The van der Waals surface area contributed by atoms with Crippen LogP contribution in [-0.4, -0.2) is 15.8 Å². The minimum Gasteiger partial charge on any atom is -0.342 e. The first kappa shape index (κ1) is 16.6. The summed E-state index contributed by atoms with van der Waals surface area (Å²) in [6, 6.07) is 11.2. The Hall–Kier alpha value is -2.80. The molecule has 2 aromatic carbocycles. The minimum atomic E-state index is -0.502. The van der Waals surface area contributed by atoms with Gasteiger partial charge in [-0.15, -0.1) is 0 Å². The maximum absolute atomic E-state index is 12.1. The van der Waals surface area contributed by atoms with E-state index in [0.717, 1.165) is 16.8 Å². The molecule has 0 aromatic heterocycles. The molecule has 6 nitrogen and oxygen atoms in total. The molecule has 118 valence electrons. The van der Waals surface area contributed by atoms with Gasteiger partial charge in [-0.2, -0.15) is 0 Å². The maximum Gasteiger partial charge on any atom is 0.283 e. The van der Waals surface area contributed by atoms with Gasteiger partial charge < -0.3 is 10.6 Å². The van der Waals surface area contributed by atoms with Gasteiger partial charge in [-0.25, -0.2) is 0 Å². The number of carbonyl (C=O) groups is 1. The van der Waals surface area contributed by atoms with Crippen molar-refractivity contribution in [1.29, 1.82) is 0 Å². The lowest BCUT2D eigenvalue weighted by Gasteiger charge is -2.12. The first-order valence-corrected chi connectivity index (χ1v) is 7.22. The zero-order valence-corrected chi connectivity index (χ0v) is 13.4. The van der Waals surface area contributed by atoms with E-state index in [0.29, 0.717) is 5.69 Å². The van der Waals surface area contributed by atoms with Crippen molar-refractivity contribution in [3.8, 4) is 0 Å². The largest absolute Gasteiger partial charge is 0.342 e. The van der Waals surface area contributed by atoms with Crippen LogP contribution < -0.4 is 10.6 Å². The van der Waals surface area contributed by atoms with E-state index in [-0.39, 0.29) is 10.7 Å². The van der Waals surface area contributed by atoms with Crippen LogP contribution in [0.2, 0.25) is 0 Å². The average molecular weight is 329 g/mol. The number of nitro benzene ring substituents is 1. The first-order valence-electron chi connectivity index (χ1n) is 6.81. The summed E-state index contributed by atoms with van der Waals surface area (Å²) < 4.78 is 0. The summed E-state index contributed by atoms with van der Waals surface area (Å²) in [5.41, 5.74) is 3.27. The van der Waals surface area contributed by atoms with E-state index in [1.807, 2.05) is 32.0 Å². The van der Waals surface area contributed by atoms with Crippen molar-refractivity contribution in [3.05, 3.63) is 63.7 Å². The van der Waals surface area contributed by atoms with Crippen LogP contribution in [0.1, 0.15) is 11.1 Å². The summed E-state index contributed by atoms with van der Waals surface area (Å²) >= 11 is 5.10. The van der Waals surface area contributed by atoms with E-state index in [9.17, 15) is 14.9 Å². The van der Waals surface area contributed by atoms with Gasteiger partial charge in [0.1, 0.15) is 0 Å². The molecule has 0 unspecified atom stereocenters. The summed E-state index contributed by atoms with van der Waals surface area (Å²) in [6.45, 7) is 3.91. The van der Waals surface area contributed by atoms with Crippen molar-refractivity contribution in [2.45, 2.75) is 13.8 Å². The molecule has 2 rings (SSSR count). The number of aryl methyl sites for hydroxylation is 1. The third-order valence-electron chi connectivity index (χ3n) is 3.40. The van der Waals surface area contributed by atoms with Crippen molar-refractivity contribution in [2.75, 3.05) is 10.6 Å². The Labute approximate surface area is 138 Å². The molecule has 0 saturated carbocycles. The van der Waals surface area contributed by atoms with Gasteiger partial charge in [0.15, 0.2) is 4.99 Å². The monoisotopic (exact) mass is 329 g/mol. The molecule has 2 aromatic rings. The third-order valence-corrected chi connectivity index (χ3v) is 3.68. The molecule has 0 spiro atoms. The van der Waals surface area contributed by atoms with E-state index >= 15 is 0 Å². The molecule has 0 radical (unpaired) electrons. The van der Waals surface area contributed by atoms with Crippen LogP contribution in [0.15, 0.2) is 42.5 Å². The SMILES string of the molecule is Cc1cccc(NC(=S)C(=O)Nc2ccc([N+](=O)[O-])cc2)c1C. The molecule has 23 heavy (non-hydrogen) atoms. The van der Waals surface area contributed by atoms with Crippen LogP contribution >= 0.6 is 12.2 Å². The zero-order valence-electron chi connectivity index (χ0n) is 12.6. The highest BCUT2D eigenvalue weighted by atomic mass is 32.1. The predicted molar refractivity (Wildman–Crippen MR) is 93.9 cm³/mol. The van der Waals surface area contributed by atoms with E-state index in [1.54, 1.807) is 0 Å². The number of thiocarbonyl (C=S) groups is 1. The molecular formula is C16H15N3O3S. The Morgan fingerprint density at radius 2 is 1.74 bits per heavy atom. The Morgan fingerprint density at radius 1 is 1.09 bits per heavy atom. The number of anilines is 2. The van der Waals surface area contributed by atoms with Crippen LogP contribution in [-0.2, 0) is 4.79 Å². The number of nitrogens with zero attached hydrogens (tertiary/aromatic N) is 1. The van der Waals surface area contributed by atoms with Gasteiger partial charge in [0.25, 0.3) is 11.6 Å². The number of carbonyl (C=O) groups excluding carboxylic acids is 1. The van der Waals surface area contributed by atoms with Crippen molar-refractivity contribution in [1.82, 2.24) is 0 Å². The highest BCUT2D eigenvalue weighted by Crippen LogP contribution is 2.19. The number of hydrogen-bond donors (Lipinski definition) is 2. The molecule has 0 saturated heterocycles. The second-order valence-corrected chi connectivity index (χ2v) is 5.37. The van der Waals surface area contributed by atoms with Crippen molar-refractivity contribution >= 4 is 40.2 Å². The van der Waals surface area contributed by atoms with E-state index < -0.39 is 10.8 Å². The van der Waals surface area contributed by atoms with Crippen LogP contribution in [0.3, 0.4) is 0 Å². The number of amides is 1. The summed E-state index contributed by atoms with van der Waals surface area (Å²) in [5.74, 6) is -0.477. The molecule has 0 aliphatic carbocycles. The normalized spacial score (nSPS) is 10.0. The van der Waals surface area contributed by atoms with Gasteiger partial charge in [-0.3, -0.25) is 14.9 Å². The van der Waals surface area contributed by atoms with Gasteiger partial charge in [-0.05, 0) is 43.2 Å². The number of hydrogen-bond acceptors (Lipinski definition) is 4. The molecule has 0 atom stereocenters. The van der Waals surface area contributed by atoms with Crippen LogP contribution in [0.4, 0.5) is 17.1 Å². The maximum atomic E-state index is 12.1. The highest BCUT2D eigenvalue weighted by Gasteiger charge is 2.12. The second kappa shape index (κ2) is 6.97. The quantitative estimate of drug-likeness (QED) is 0.511. The fourth-order valence-corrected chi connectivity index (χ4v) is 2.08. The standard InChI is InChI=1S/C16H15N3O3S/c1-10-4-3-5-14(11(10)2)18-16(23)15(20)17-12-6-8-13(9-7-12)19(21)22/h3-9H,1-2H3,(H,17,20)(H,18,23). The molecule has 0 heterocycles. The third kappa shape index (κ3) is 4.10. The Kier molecular flexibility index (Phi) is 5.02. The summed E-state index contributed by atoms with van der Waals surface area (Å²) in [4.78, 5) is 22.2. The average Bonchev–Trinajstić information content (AvgIpc) is 2.52. The lowest BCUT2D eigenvalue weighted by atomic mass is 10.1. The lowest BCUT2D eigenvalue weighted by molar-refractivity contribution is -0.384. The summed E-state index contributed by atoms with van der Waals surface area (Å²) in [7, 11) is 0. The highest BCUT2D eigenvalue weighted by molar-refractivity contribution is 7.82. The topological polar surface area (TPSA) is 84.3 Å². The van der Waals surface area contributed by atoms with Crippen molar-refractivity contribution < 1.29 is 9.72 Å². The number of non-ortho nitro benzene ring substituents is 1. The smallest absolute Gasteiger partial charge is 0.283 e. The number of benzene rings is 2. The second-order valence-electron chi connectivity index (χ2n) is 4.96. The van der Waals surface area contributed by atoms with Gasteiger partial charge >= 0.3 is 0 Å². The summed E-state index contributed by atoms with van der Waals surface area (Å²) in [5, 5.41) is 16.1. The van der Waals surface area contributed by atoms with Crippen LogP contribution in [0, 0.1) is 24.0 Å². The fraction of sp³-hybridized carbons (Fsp3) is 0.125. The van der Waals surface area contributed by atoms with Crippen LogP contribution in [0.25, 0.3) is 0 Å². The lowest BCUT2D eigenvalue weighted by Crippen LogP contribution is -2.27. The van der Waals surface area contributed by atoms with E-state index in [1.165, 1.54) is 24.3 Å². The number of rotatable bonds is 3. The molecule has 2 N–H and O–H groups in total. The fourth-order valence-electron chi connectivity index (χ4n) is 1.92. The molecule has 7 heteroatoms. The van der Waals surface area contributed by atoms with Gasteiger partial charge in [-0.1, -0.05) is 24.4 Å². The molecule has 0 bridgehead atoms. The van der Waals surface area contributed by atoms with Crippen molar-refractivity contribution in [2.24, 2.45) is 0 Å². The van der Waals surface area contributed by atoms with E-state index in [2.05, 4.69) is 10.6 Å². The molecule has 1 amide bonds. The molecular weight excluding hydrogens is 314 g/mol. The Balaban J connectivity index is 2.04. The number of nitro groups is 1. The first-order chi connectivity index (χ1) is 10.9. The van der Waals surface area contributed by atoms with Gasteiger partial charge in [0, 0.05) is 23.5 Å². The molecule has 0 fully saturated rings. The van der Waals surface area contributed by atoms with Gasteiger partial charge in [0.2, 0.25) is 0 Å². The Morgan fingerprint density at radius 3 is 2.35 bits per heavy atom. The van der Waals surface area contributed by atoms with Crippen molar-refractivity contribution in [3.63, 3.8) is 0 Å². The molecule has 0 aliphatic heterocycles. The molecule has 0 aliphatic rings. The zero-order chi connectivity index (χ0) is 17.0. The van der Waals surface area contributed by atoms with E-state index in [4.69, 9.17) is 12.2 Å². The van der Waals surface area contributed by atoms with Gasteiger partial charge in [0.05, 0.1) is 4.92 Å².